The molecule has 0 aliphatic rings. The molecule has 0 fully saturated rings. The summed E-state index contributed by atoms with van der Waals surface area (Å²) in [4.78, 5) is 12.0. The van der Waals surface area contributed by atoms with E-state index in [9.17, 15) is 26.4 Å². The number of carbonyl (C=O) groups excluding carboxylic acids is 1. The SMILES string of the molecule is Cc1ccc(C(=O)NS(=O)(=O)C=Cc2ccccc2)c(C(F)(F)F)c1. The summed E-state index contributed by atoms with van der Waals surface area (Å²) in [5.74, 6) is -1.34. The zero-order chi connectivity index (χ0) is 18.7. The molecule has 25 heavy (non-hydrogen) atoms. The second kappa shape index (κ2) is 7.10. The lowest BCUT2D eigenvalue weighted by molar-refractivity contribution is -0.138. The van der Waals surface area contributed by atoms with Crippen LogP contribution in [0.1, 0.15) is 27.0 Å². The zero-order valence-electron chi connectivity index (χ0n) is 13.0. The molecule has 0 aliphatic carbocycles. The molecule has 0 bridgehead atoms. The molecule has 0 aromatic heterocycles. The summed E-state index contributed by atoms with van der Waals surface area (Å²) in [6.45, 7) is 1.44. The average Bonchev–Trinajstić information content (AvgIpc) is 2.52. The van der Waals surface area contributed by atoms with E-state index in [1.807, 2.05) is 0 Å². The van der Waals surface area contributed by atoms with Crippen molar-refractivity contribution in [3.8, 4) is 0 Å². The normalized spacial score (nSPS) is 12.3. The number of halogens is 3. The predicted octanol–water partition coefficient (Wildman–Crippen LogP) is 3.74. The van der Waals surface area contributed by atoms with Crippen LogP contribution >= 0.6 is 0 Å². The van der Waals surface area contributed by atoms with Gasteiger partial charge in [0.15, 0.2) is 0 Å². The van der Waals surface area contributed by atoms with Crippen molar-refractivity contribution < 1.29 is 26.4 Å². The van der Waals surface area contributed by atoms with Gasteiger partial charge in [-0.15, -0.1) is 0 Å². The van der Waals surface area contributed by atoms with Gasteiger partial charge in [-0.25, -0.2) is 13.1 Å². The Bertz CT molecular complexity index is 904. The summed E-state index contributed by atoms with van der Waals surface area (Å²) in [5, 5.41) is 0.724. The number of amides is 1. The molecule has 132 valence electrons. The highest BCUT2D eigenvalue weighted by molar-refractivity contribution is 7.93. The number of benzene rings is 2. The van der Waals surface area contributed by atoms with E-state index >= 15 is 0 Å². The van der Waals surface area contributed by atoms with E-state index < -0.39 is 33.2 Å². The fourth-order valence-electron chi connectivity index (χ4n) is 2.04. The van der Waals surface area contributed by atoms with E-state index in [2.05, 4.69) is 0 Å². The Labute approximate surface area is 143 Å². The fraction of sp³-hybridized carbons (Fsp3) is 0.118. The van der Waals surface area contributed by atoms with Crippen molar-refractivity contribution in [1.29, 1.82) is 0 Å². The Morgan fingerprint density at radius 3 is 2.32 bits per heavy atom. The van der Waals surface area contributed by atoms with Crippen molar-refractivity contribution in [2.24, 2.45) is 0 Å². The highest BCUT2D eigenvalue weighted by Gasteiger charge is 2.35. The molecule has 2 aromatic carbocycles. The van der Waals surface area contributed by atoms with E-state index in [4.69, 9.17) is 0 Å². The first-order valence-electron chi connectivity index (χ1n) is 7.06. The third-order valence-corrected chi connectivity index (χ3v) is 4.16. The van der Waals surface area contributed by atoms with Gasteiger partial charge in [0.1, 0.15) is 0 Å². The van der Waals surface area contributed by atoms with E-state index in [1.165, 1.54) is 19.1 Å². The largest absolute Gasteiger partial charge is 0.417 e. The smallest absolute Gasteiger partial charge is 0.268 e. The van der Waals surface area contributed by atoms with Crippen LogP contribution in [0.2, 0.25) is 0 Å². The lowest BCUT2D eigenvalue weighted by Gasteiger charge is -2.13. The number of hydrogen-bond donors (Lipinski definition) is 1. The van der Waals surface area contributed by atoms with Crippen LogP contribution in [0.25, 0.3) is 6.08 Å². The molecule has 0 radical (unpaired) electrons. The Balaban J connectivity index is 2.26. The standard InChI is InChI=1S/C17H14F3NO3S/c1-12-7-8-14(15(11-12)17(18,19)20)16(22)21-25(23,24)10-9-13-5-3-2-4-6-13/h2-11H,1H3,(H,21,22). The summed E-state index contributed by atoms with van der Waals surface area (Å²) in [7, 11) is -4.25. The second-order valence-electron chi connectivity index (χ2n) is 5.24. The third-order valence-electron chi connectivity index (χ3n) is 3.20. The van der Waals surface area contributed by atoms with E-state index in [0.29, 0.717) is 11.1 Å². The molecule has 2 rings (SSSR count). The van der Waals surface area contributed by atoms with Gasteiger partial charge < -0.3 is 0 Å². The maximum absolute atomic E-state index is 13.0. The monoisotopic (exact) mass is 369 g/mol. The van der Waals surface area contributed by atoms with Gasteiger partial charge in [0.25, 0.3) is 15.9 Å². The van der Waals surface area contributed by atoms with Gasteiger partial charge in [-0.3, -0.25) is 4.79 Å². The molecule has 0 saturated heterocycles. The molecule has 0 saturated carbocycles. The summed E-state index contributed by atoms with van der Waals surface area (Å²) < 4.78 is 64.6. The summed E-state index contributed by atoms with van der Waals surface area (Å²) in [6, 6.07) is 11.4. The van der Waals surface area contributed by atoms with Crippen molar-refractivity contribution in [3.63, 3.8) is 0 Å². The third kappa shape index (κ3) is 5.18. The van der Waals surface area contributed by atoms with Gasteiger partial charge in [0.05, 0.1) is 16.5 Å². The highest BCUT2D eigenvalue weighted by Crippen LogP contribution is 2.32. The minimum absolute atomic E-state index is 0.302. The van der Waals surface area contributed by atoms with Crippen LogP contribution in [0.3, 0.4) is 0 Å². The molecule has 4 nitrogen and oxygen atoms in total. The molecule has 2 aromatic rings. The first-order chi connectivity index (χ1) is 11.6. The van der Waals surface area contributed by atoms with Crippen molar-refractivity contribution in [2.45, 2.75) is 13.1 Å². The first-order valence-corrected chi connectivity index (χ1v) is 8.61. The topological polar surface area (TPSA) is 63.2 Å². The van der Waals surface area contributed by atoms with Crippen LogP contribution in [-0.4, -0.2) is 14.3 Å². The lowest BCUT2D eigenvalue weighted by Crippen LogP contribution is -2.30. The number of nitrogens with one attached hydrogen (secondary N) is 1. The molecule has 0 spiro atoms. The van der Waals surface area contributed by atoms with Crippen molar-refractivity contribution >= 4 is 22.0 Å². The highest BCUT2D eigenvalue weighted by atomic mass is 32.2. The molecule has 0 heterocycles. The van der Waals surface area contributed by atoms with Crippen LogP contribution in [0.15, 0.2) is 53.9 Å². The summed E-state index contributed by atoms with van der Waals surface area (Å²) in [5.41, 5.74) is -1.08. The molecule has 0 unspecified atom stereocenters. The van der Waals surface area contributed by atoms with Crippen molar-refractivity contribution in [1.82, 2.24) is 4.72 Å². The molecule has 0 atom stereocenters. The lowest BCUT2D eigenvalue weighted by atomic mass is 10.0. The van der Waals surface area contributed by atoms with Gasteiger partial charge in [0.2, 0.25) is 0 Å². The minimum Gasteiger partial charge on any atom is -0.268 e. The number of carbonyl (C=O) groups is 1. The quantitative estimate of drug-likeness (QED) is 0.893. The predicted molar refractivity (Wildman–Crippen MR) is 88.0 cm³/mol. The fourth-order valence-corrected chi connectivity index (χ4v) is 2.81. The Morgan fingerprint density at radius 2 is 1.72 bits per heavy atom. The Kier molecular flexibility index (Phi) is 5.32. The van der Waals surface area contributed by atoms with Crippen LogP contribution in [0.5, 0.6) is 0 Å². The second-order valence-corrected chi connectivity index (χ2v) is 6.80. The number of sulfonamides is 1. The van der Waals surface area contributed by atoms with Gasteiger partial charge in [-0.1, -0.05) is 42.0 Å². The average molecular weight is 369 g/mol. The minimum atomic E-state index is -4.78. The molecular weight excluding hydrogens is 355 g/mol. The molecule has 1 amide bonds. The van der Waals surface area contributed by atoms with E-state index in [0.717, 1.165) is 17.5 Å². The van der Waals surface area contributed by atoms with Crippen molar-refractivity contribution in [3.05, 3.63) is 76.2 Å². The Morgan fingerprint density at radius 1 is 1.08 bits per heavy atom. The van der Waals surface area contributed by atoms with Crippen LogP contribution in [0, 0.1) is 6.92 Å². The molecule has 8 heteroatoms. The number of alkyl halides is 3. The zero-order valence-corrected chi connectivity index (χ0v) is 13.9. The van der Waals surface area contributed by atoms with E-state index in [1.54, 1.807) is 35.1 Å². The van der Waals surface area contributed by atoms with Gasteiger partial charge in [-0.2, -0.15) is 13.2 Å². The Hall–Kier alpha value is -2.61. The maximum atomic E-state index is 13.0. The van der Waals surface area contributed by atoms with Gasteiger partial charge >= 0.3 is 6.18 Å². The first kappa shape index (κ1) is 18.7. The summed E-state index contributed by atoms with van der Waals surface area (Å²) >= 11 is 0. The van der Waals surface area contributed by atoms with Crippen LogP contribution in [0.4, 0.5) is 13.2 Å². The van der Waals surface area contributed by atoms with Gasteiger partial charge in [0, 0.05) is 0 Å². The molecule has 0 aliphatic heterocycles. The van der Waals surface area contributed by atoms with Crippen LogP contribution in [-0.2, 0) is 16.2 Å². The maximum Gasteiger partial charge on any atom is 0.417 e. The van der Waals surface area contributed by atoms with Crippen LogP contribution < -0.4 is 4.72 Å². The summed E-state index contributed by atoms with van der Waals surface area (Å²) in [6.07, 6.45) is -3.54. The number of rotatable bonds is 4. The van der Waals surface area contributed by atoms with E-state index in [-0.39, 0.29) is 0 Å². The molecule has 1 N–H and O–H groups in total. The van der Waals surface area contributed by atoms with Crippen molar-refractivity contribution in [2.75, 3.05) is 0 Å². The number of aryl methyl sites for hydroxylation is 1. The number of hydrogen-bond acceptors (Lipinski definition) is 3. The molecular formula is C17H14F3NO3S. The van der Waals surface area contributed by atoms with Gasteiger partial charge in [-0.05, 0) is 30.7 Å².